The minimum absolute atomic E-state index is 0.662. The summed E-state index contributed by atoms with van der Waals surface area (Å²) in [4.78, 5) is 16.7. The lowest BCUT2D eigenvalue weighted by atomic mass is 10.3. The first-order valence-electron chi connectivity index (χ1n) is 5.17. The van der Waals surface area contributed by atoms with Crippen molar-refractivity contribution in [3.8, 4) is 0 Å². The van der Waals surface area contributed by atoms with E-state index in [1.165, 1.54) is 0 Å². The molecule has 3 aromatic heterocycles. The summed E-state index contributed by atoms with van der Waals surface area (Å²) in [6.07, 6.45) is 6.62. The third-order valence-electron chi connectivity index (χ3n) is 2.28. The highest BCUT2D eigenvalue weighted by atomic mass is 15.1. The van der Waals surface area contributed by atoms with Crippen molar-refractivity contribution in [3.05, 3.63) is 49.1 Å². The monoisotopic (exact) mass is 223 g/mol. The molecule has 82 valence electrons. The minimum Gasteiger partial charge on any atom is -0.324 e. The number of rotatable bonds is 2. The topological polar surface area (TPSA) is 63.6 Å². The molecule has 0 saturated carbocycles. The Kier molecular flexibility index (Phi) is 2.34. The van der Waals surface area contributed by atoms with E-state index in [1.54, 1.807) is 24.8 Å². The smallest absolute Gasteiger partial charge is 0.161 e. The number of hydrogen-bond acceptors (Lipinski definition) is 5. The van der Waals surface area contributed by atoms with E-state index in [2.05, 4.69) is 25.3 Å². The van der Waals surface area contributed by atoms with Crippen LogP contribution in [0.25, 0.3) is 11.0 Å². The molecular weight excluding hydrogens is 214 g/mol. The third kappa shape index (κ3) is 2.03. The Morgan fingerprint density at radius 2 is 1.88 bits per heavy atom. The van der Waals surface area contributed by atoms with Crippen LogP contribution in [0.15, 0.2) is 49.1 Å². The molecule has 0 saturated heterocycles. The maximum absolute atomic E-state index is 4.38. The van der Waals surface area contributed by atoms with Crippen LogP contribution in [0, 0.1) is 0 Å². The second kappa shape index (κ2) is 4.13. The molecule has 0 atom stereocenters. The molecule has 0 aliphatic rings. The van der Waals surface area contributed by atoms with E-state index in [0.29, 0.717) is 17.3 Å². The Morgan fingerprint density at radius 1 is 0.882 bits per heavy atom. The maximum atomic E-state index is 4.38. The number of fused-ring (bicyclic) bond motifs is 1. The van der Waals surface area contributed by atoms with E-state index in [9.17, 15) is 0 Å². The van der Waals surface area contributed by atoms with Gasteiger partial charge in [0.15, 0.2) is 5.65 Å². The molecule has 5 heteroatoms. The Labute approximate surface area is 97.6 Å². The highest BCUT2D eigenvalue weighted by Gasteiger charge is 1.99. The lowest BCUT2D eigenvalue weighted by Crippen LogP contribution is -1.96. The second-order valence-electron chi connectivity index (χ2n) is 3.46. The number of pyridine rings is 2. The molecule has 0 fully saturated rings. The standard InChI is InChI=1S/C12H9N5/c1-2-9-3-4-10(17-12(9)15-5-1)16-11-8-13-6-7-14-11/h1-8H,(H,14,15,16,17). The molecule has 0 amide bonds. The molecule has 17 heavy (non-hydrogen) atoms. The molecule has 0 aliphatic heterocycles. The molecule has 1 N–H and O–H groups in total. The number of hydrogen-bond donors (Lipinski definition) is 1. The van der Waals surface area contributed by atoms with Crippen molar-refractivity contribution in [2.24, 2.45) is 0 Å². The lowest BCUT2D eigenvalue weighted by Gasteiger charge is -2.04. The van der Waals surface area contributed by atoms with Crippen molar-refractivity contribution >= 4 is 22.7 Å². The zero-order valence-corrected chi connectivity index (χ0v) is 8.91. The van der Waals surface area contributed by atoms with Gasteiger partial charge in [0, 0.05) is 24.0 Å². The summed E-state index contributed by atoms with van der Waals surface area (Å²) in [5.41, 5.74) is 0.710. The van der Waals surface area contributed by atoms with Crippen LogP contribution in [0.4, 0.5) is 11.6 Å². The van der Waals surface area contributed by atoms with Crippen molar-refractivity contribution in [3.63, 3.8) is 0 Å². The van der Waals surface area contributed by atoms with E-state index in [4.69, 9.17) is 0 Å². The van der Waals surface area contributed by atoms with Crippen LogP contribution in [0.5, 0.6) is 0 Å². The molecule has 3 rings (SSSR count). The average Bonchev–Trinajstić information content (AvgIpc) is 2.40. The normalized spacial score (nSPS) is 10.4. The minimum atomic E-state index is 0.662. The van der Waals surface area contributed by atoms with Gasteiger partial charge in [0.05, 0.1) is 6.20 Å². The van der Waals surface area contributed by atoms with Gasteiger partial charge in [-0.2, -0.15) is 0 Å². The first-order valence-corrected chi connectivity index (χ1v) is 5.17. The Hall–Kier alpha value is -2.56. The Morgan fingerprint density at radius 3 is 2.76 bits per heavy atom. The van der Waals surface area contributed by atoms with Gasteiger partial charge in [-0.1, -0.05) is 0 Å². The van der Waals surface area contributed by atoms with Gasteiger partial charge in [-0.15, -0.1) is 0 Å². The van der Waals surface area contributed by atoms with Gasteiger partial charge in [-0.3, -0.25) is 4.98 Å². The summed E-state index contributed by atoms with van der Waals surface area (Å²) in [5.74, 6) is 1.37. The van der Waals surface area contributed by atoms with Crippen LogP contribution in [0.3, 0.4) is 0 Å². The van der Waals surface area contributed by atoms with Gasteiger partial charge in [-0.05, 0) is 24.3 Å². The van der Waals surface area contributed by atoms with Crippen molar-refractivity contribution in [1.82, 2.24) is 19.9 Å². The van der Waals surface area contributed by atoms with E-state index < -0.39 is 0 Å². The van der Waals surface area contributed by atoms with Crippen LogP contribution in [-0.4, -0.2) is 19.9 Å². The van der Waals surface area contributed by atoms with Gasteiger partial charge in [0.2, 0.25) is 0 Å². The SMILES string of the molecule is c1cnc2nc(Nc3cnccn3)ccc2c1. The van der Waals surface area contributed by atoms with Crippen molar-refractivity contribution in [2.75, 3.05) is 5.32 Å². The first kappa shape index (κ1) is 9.65. The van der Waals surface area contributed by atoms with Crippen molar-refractivity contribution in [1.29, 1.82) is 0 Å². The molecule has 0 radical (unpaired) electrons. The largest absolute Gasteiger partial charge is 0.324 e. The first-order chi connectivity index (χ1) is 8.42. The molecule has 3 aromatic rings. The number of aromatic nitrogens is 4. The van der Waals surface area contributed by atoms with Crippen LogP contribution >= 0.6 is 0 Å². The molecule has 0 bridgehead atoms. The Bertz CT molecular complexity index is 638. The van der Waals surface area contributed by atoms with E-state index in [0.717, 1.165) is 5.39 Å². The molecular formula is C12H9N5. The molecule has 0 unspecified atom stereocenters. The average molecular weight is 223 g/mol. The summed E-state index contributed by atoms with van der Waals surface area (Å²) < 4.78 is 0. The van der Waals surface area contributed by atoms with Crippen LogP contribution in [-0.2, 0) is 0 Å². The predicted molar refractivity (Wildman–Crippen MR) is 64.9 cm³/mol. The molecule has 3 heterocycles. The molecule has 0 aliphatic carbocycles. The van der Waals surface area contributed by atoms with Gasteiger partial charge < -0.3 is 5.32 Å². The van der Waals surface area contributed by atoms with Crippen LogP contribution < -0.4 is 5.32 Å². The van der Waals surface area contributed by atoms with Crippen LogP contribution in [0.1, 0.15) is 0 Å². The fourth-order valence-corrected chi connectivity index (χ4v) is 1.52. The quantitative estimate of drug-likeness (QED) is 0.721. The summed E-state index contributed by atoms with van der Waals surface area (Å²) in [7, 11) is 0. The van der Waals surface area contributed by atoms with E-state index in [-0.39, 0.29) is 0 Å². The van der Waals surface area contributed by atoms with Gasteiger partial charge >= 0.3 is 0 Å². The van der Waals surface area contributed by atoms with Gasteiger partial charge in [0.1, 0.15) is 11.6 Å². The maximum Gasteiger partial charge on any atom is 0.161 e. The predicted octanol–water partition coefficient (Wildman–Crippen LogP) is 2.16. The number of nitrogens with zero attached hydrogens (tertiary/aromatic N) is 4. The zero-order chi connectivity index (χ0) is 11.5. The van der Waals surface area contributed by atoms with Crippen molar-refractivity contribution < 1.29 is 0 Å². The second-order valence-corrected chi connectivity index (χ2v) is 3.46. The fraction of sp³-hybridized carbons (Fsp3) is 0. The van der Waals surface area contributed by atoms with Crippen molar-refractivity contribution in [2.45, 2.75) is 0 Å². The summed E-state index contributed by atoms with van der Waals surface area (Å²) in [6, 6.07) is 7.72. The highest BCUT2D eigenvalue weighted by Crippen LogP contribution is 2.15. The Balaban J connectivity index is 1.96. The zero-order valence-electron chi connectivity index (χ0n) is 8.91. The van der Waals surface area contributed by atoms with Gasteiger partial charge in [0.25, 0.3) is 0 Å². The van der Waals surface area contributed by atoms with Gasteiger partial charge in [-0.25, -0.2) is 15.0 Å². The summed E-state index contributed by atoms with van der Waals surface area (Å²) in [5, 5.41) is 4.08. The number of anilines is 2. The molecule has 5 nitrogen and oxygen atoms in total. The number of nitrogens with one attached hydrogen (secondary N) is 1. The van der Waals surface area contributed by atoms with Crippen LogP contribution in [0.2, 0.25) is 0 Å². The molecule has 0 aromatic carbocycles. The van der Waals surface area contributed by atoms with E-state index >= 15 is 0 Å². The summed E-state index contributed by atoms with van der Waals surface area (Å²) in [6.45, 7) is 0. The highest BCUT2D eigenvalue weighted by molar-refractivity contribution is 5.76. The van der Waals surface area contributed by atoms with E-state index in [1.807, 2.05) is 24.3 Å². The lowest BCUT2D eigenvalue weighted by molar-refractivity contribution is 1.18. The fourth-order valence-electron chi connectivity index (χ4n) is 1.52. The third-order valence-corrected chi connectivity index (χ3v) is 2.28. The molecule has 0 spiro atoms. The summed E-state index contributed by atoms with van der Waals surface area (Å²) >= 11 is 0.